The van der Waals surface area contributed by atoms with Gasteiger partial charge in [-0.15, -0.1) is 0 Å². The number of hydrogen-bond donors (Lipinski definition) is 2. The number of carbonyl (C=O) groups is 4. The van der Waals surface area contributed by atoms with Gasteiger partial charge in [0.15, 0.2) is 6.61 Å². The minimum atomic E-state index is -0.929. The second-order valence-corrected chi connectivity index (χ2v) is 8.18. The Morgan fingerprint density at radius 1 is 1.16 bits per heavy atom. The van der Waals surface area contributed by atoms with Crippen molar-refractivity contribution in [1.29, 1.82) is 0 Å². The predicted octanol–water partition coefficient (Wildman–Crippen LogP) is 2.82. The Kier molecular flexibility index (Phi) is 5.63. The van der Waals surface area contributed by atoms with Crippen LogP contribution in [0.5, 0.6) is 0 Å². The topological polar surface area (TPSA) is 105 Å². The molecule has 8 nitrogen and oxygen atoms in total. The van der Waals surface area contributed by atoms with Gasteiger partial charge in [0.05, 0.1) is 0 Å². The highest BCUT2D eigenvalue weighted by atomic mass is 16.5. The van der Waals surface area contributed by atoms with Gasteiger partial charge in [0.2, 0.25) is 0 Å². The normalized spacial score (nSPS) is 23.1. The van der Waals surface area contributed by atoms with Crippen LogP contribution in [0.15, 0.2) is 42.5 Å². The van der Waals surface area contributed by atoms with Crippen LogP contribution in [0.2, 0.25) is 0 Å². The van der Waals surface area contributed by atoms with Crippen molar-refractivity contribution in [2.24, 2.45) is 5.92 Å². The number of carbonyl (C=O) groups excluding carboxylic acids is 4. The molecule has 2 aromatic rings. The SMILES string of the molecule is CC1CCCCC12NC(=O)N(CC(=O)OCC(=O)Nc1cccc3ccccc13)C2=O. The fourth-order valence-electron chi connectivity index (χ4n) is 4.48. The van der Waals surface area contributed by atoms with E-state index < -0.39 is 36.6 Å². The molecule has 1 saturated carbocycles. The summed E-state index contributed by atoms with van der Waals surface area (Å²) in [5, 5.41) is 7.36. The molecule has 0 bridgehead atoms. The van der Waals surface area contributed by atoms with E-state index in [4.69, 9.17) is 4.74 Å². The number of amides is 4. The Balaban J connectivity index is 1.33. The van der Waals surface area contributed by atoms with Crippen molar-refractivity contribution in [3.8, 4) is 0 Å². The van der Waals surface area contributed by atoms with Gasteiger partial charge in [0.25, 0.3) is 11.8 Å². The number of ether oxygens (including phenoxy) is 1. The van der Waals surface area contributed by atoms with Crippen molar-refractivity contribution in [3.63, 3.8) is 0 Å². The molecular formula is C23H25N3O5. The zero-order chi connectivity index (χ0) is 22.0. The molecule has 1 spiro atoms. The van der Waals surface area contributed by atoms with E-state index in [0.717, 1.165) is 34.9 Å². The zero-order valence-corrected chi connectivity index (χ0v) is 17.3. The van der Waals surface area contributed by atoms with Crippen molar-refractivity contribution < 1.29 is 23.9 Å². The van der Waals surface area contributed by atoms with Crippen molar-refractivity contribution in [2.45, 2.75) is 38.1 Å². The molecule has 2 N–H and O–H groups in total. The van der Waals surface area contributed by atoms with E-state index in [9.17, 15) is 19.2 Å². The van der Waals surface area contributed by atoms with Crippen LogP contribution < -0.4 is 10.6 Å². The van der Waals surface area contributed by atoms with Gasteiger partial charge >= 0.3 is 12.0 Å². The molecule has 2 unspecified atom stereocenters. The second kappa shape index (κ2) is 8.37. The van der Waals surface area contributed by atoms with E-state index >= 15 is 0 Å². The third-order valence-corrected chi connectivity index (χ3v) is 6.22. The molecule has 1 aliphatic heterocycles. The van der Waals surface area contributed by atoms with Crippen LogP contribution in [-0.2, 0) is 19.1 Å². The van der Waals surface area contributed by atoms with Gasteiger partial charge in [0, 0.05) is 11.1 Å². The number of anilines is 1. The van der Waals surface area contributed by atoms with Gasteiger partial charge in [-0.05, 0) is 30.2 Å². The fourth-order valence-corrected chi connectivity index (χ4v) is 4.48. The summed E-state index contributed by atoms with van der Waals surface area (Å²) in [6.45, 7) is 0.921. The summed E-state index contributed by atoms with van der Waals surface area (Å²) in [7, 11) is 0. The molecule has 2 aliphatic rings. The zero-order valence-electron chi connectivity index (χ0n) is 17.3. The van der Waals surface area contributed by atoms with Gasteiger partial charge in [-0.25, -0.2) is 4.79 Å². The summed E-state index contributed by atoms with van der Waals surface area (Å²) in [5.74, 6) is -1.69. The van der Waals surface area contributed by atoms with Crippen molar-refractivity contribution in [3.05, 3.63) is 42.5 Å². The monoisotopic (exact) mass is 423 g/mol. The number of urea groups is 1. The molecule has 1 heterocycles. The highest BCUT2D eigenvalue weighted by Crippen LogP contribution is 2.38. The molecule has 2 aromatic carbocycles. The lowest BCUT2D eigenvalue weighted by Gasteiger charge is -2.36. The van der Waals surface area contributed by atoms with Gasteiger partial charge in [-0.1, -0.05) is 56.2 Å². The first-order valence-corrected chi connectivity index (χ1v) is 10.5. The number of nitrogens with one attached hydrogen (secondary N) is 2. The molecule has 4 amide bonds. The Morgan fingerprint density at radius 3 is 2.74 bits per heavy atom. The average Bonchev–Trinajstić information content (AvgIpc) is 2.99. The van der Waals surface area contributed by atoms with Crippen molar-refractivity contribution >= 4 is 40.3 Å². The van der Waals surface area contributed by atoms with Gasteiger partial charge < -0.3 is 15.4 Å². The summed E-state index contributed by atoms with van der Waals surface area (Å²) < 4.78 is 5.02. The highest BCUT2D eigenvalue weighted by molar-refractivity contribution is 6.09. The predicted molar refractivity (Wildman–Crippen MR) is 114 cm³/mol. The van der Waals surface area contributed by atoms with E-state index in [1.807, 2.05) is 43.3 Å². The maximum atomic E-state index is 12.9. The van der Waals surface area contributed by atoms with Gasteiger partial charge in [-0.3, -0.25) is 19.3 Å². The van der Waals surface area contributed by atoms with E-state index in [2.05, 4.69) is 10.6 Å². The third-order valence-electron chi connectivity index (χ3n) is 6.22. The van der Waals surface area contributed by atoms with E-state index in [1.54, 1.807) is 6.07 Å². The maximum absolute atomic E-state index is 12.9. The minimum Gasteiger partial charge on any atom is -0.454 e. The highest BCUT2D eigenvalue weighted by Gasteiger charge is 2.55. The van der Waals surface area contributed by atoms with E-state index in [0.29, 0.717) is 12.1 Å². The first-order chi connectivity index (χ1) is 14.9. The Labute approximate surface area is 179 Å². The number of imide groups is 1. The van der Waals surface area contributed by atoms with Crippen LogP contribution in [0.3, 0.4) is 0 Å². The molecule has 1 aliphatic carbocycles. The summed E-state index contributed by atoms with van der Waals surface area (Å²) in [4.78, 5) is 50.6. The number of esters is 1. The smallest absolute Gasteiger partial charge is 0.326 e. The lowest BCUT2D eigenvalue weighted by molar-refractivity contribution is -0.150. The lowest BCUT2D eigenvalue weighted by Crippen LogP contribution is -2.54. The van der Waals surface area contributed by atoms with Crippen LogP contribution in [0.4, 0.5) is 10.5 Å². The molecule has 162 valence electrons. The third kappa shape index (κ3) is 3.97. The molecule has 0 aromatic heterocycles. The van der Waals surface area contributed by atoms with Crippen LogP contribution in [0.25, 0.3) is 10.8 Å². The maximum Gasteiger partial charge on any atom is 0.326 e. The lowest BCUT2D eigenvalue weighted by atomic mass is 9.73. The summed E-state index contributed by atoms with van der Waals surface area (Å²) in [5.41, 5.74) is -0.317. The molecule has 8 heteroatoms. The fraction of sp³-hybridized carbons (Fsp3) is 0.391. The Hall–Kier alpha value is -3.42. The molecule has 4 rings (SSSR count). The molecule has 31 heavy (non-hydrogen) atoms. The number of fused-ring (bicyclic) bond motifs is 1. The first-order valence-electron chi connectivity index (χ1n) is 10.5. The Morgan fingerprint density at radius 2 is 1.94 bits per heavy atom. The van der Waals surface area contributed by atoms with Gasteiger partial charge in [-0.2, -0.15) is 0 Å². The summed E-state index contributed by atoms with van der Waals surface area (Å²) >= 11 is 0. The van der Waals surface area contributed by atoms with E-state index in [-0.39, 0.29) is 11.8 Å². The molecule has 2 fully saturated rings. The second-order valence-electron chi connectivity index (χ2n) is 8.18. The summed E-state index contributed by atoms with van der Waals surface area (Å²) in [6.07, 6.45) is 3.28. The quantitative estimate of drug-likeness (QED) is 0.568. The number of hydrogen-bond acceptors (Lipinski definition) is 5. The largest absolute Gasteiger partial charge is 0.454 e. The van der Waals surface area contributed by atoms with Crippen LogP contribution >= 0.6 is 0 Å². The standard InChI is InChI=1S/C23H25N3O5/c1-15-7-4-5-12-23(15)21(29)26(22(30)25-23)13-20(28)31-14-19(27)24-18-11-6-9-16-8-2-3-10-17(16)18/h2-3,6,8-11,15H,4-5,7,12-14H2,1H3,(H,24,27)(H,25,30). The first kappa shape index (κ1) is 20.8. The number of rotatable bonds is 5. The van der Waals surface area contributed by atoms with E-state index in [1.165, 1.54) is 0 Å². The molecule has 0 radical (unpaired) electrons. The minimum absolute atomic E-state index is 0.00481. The Bertz CT molecular complexity index is 1050. The number of benzene rings is 2. The van der Waals surface area contributed by atoms with Gasteiger partial charge in [0.1, 0.15) is 12.1 Å². The van der Waals surface area contributed by atoms with Crippen molar-refractivity contribution in [1.82, 2.24) is 10.2 Å². The summed E-state index contributed by atoms with van der Waals surface area (Å²) in [6, 6.07) is 12.5. The number of nitrogens with zero attached hydrogens (tertiary/aromatic N) is 1. The van der Waals surface area contributed by atoms with Crippen LogP contribution in [0, 0.1) is 5.92 Å². The van der Waals surface area contributed by atoms with Crippen LogP contribution in [0.1, 0.15) is 32.6 Å². The average molecular weight is 423 g/mol. The molecule has 2 atom stereocenters. The molecular weight excluding hydrogens is 398 g/mol. The molecule has 1 saturated heterocycles. The van der Waals surface area contributed by atoms with Crippen LogP contribution in [-0.4, -0.2) is 47.4 Å². The van der Waals surface area contributed by atoms with Crippen molar-refractivity contribution in [2.75, 3.05) is 18.5 Å².